The normalized spacial score (nSPS) is 14.5. The summed E-state index contributed by atoms with van der Waals surface area (Å²) in [6.45, 7) is 3.50. The Morgan fingerprint density at radius 2 is 2.05 bits per heavy atom. The smallest absolute Gasteiger partial charge is 0.322 e. The van der Waals surface area contributed by atoms with Gasteiger partial charge in [0, 0.05) is 20.3 Å². The van der Waals surface area contributed by atoms with E-state index in [9.17, 15) is 13.2 Å². The van der Waals surface area contributed by atoms with Crippen LogP contribution in [0.3, 0.4) is 0 Å². The fraction of sp³-hybridized carbons (Fsp3) is 0.538. The molecular formula is C13H21N3O4S. The number of nitrogens with zero attached hydrogens (tertiary/aromatic N) is 2. The van der Waals surface area contributed by atoms with Gasteiger partial charge in [0.1, 0.15) is 16.8 Å². The van der Waals surface area contributed by atoms with Gasteiger partial charge in [-0.3, -0.25) is 4.79 Å². The first-order valence-corrected chi connectivity index (χ1v) is 8.06. The van der Waals surface area contributed by atoms with Gasteiger partial charge in [-0.15, -0.1) is 0 Å². The van der Waals surface area contributed by atoms with Gasteiger partial charge in [-0.2, -0.15) is 4.72 Å². The summed E-state index contributed by atoms with van der Waals surface area (Å²) in [5, 5.41) is 9.15. The molecule has 0 unspecified atom stereocenters. The van der Waals surface area contributed by atoms with Gasteiger partial charge in [-0.1, -0.05) is 20.3 Å². The number of pyridine rings is 1. The third-order valence-corrected chi connectivity index (χ3v) is 4.68. The number of carbonyl (C=O) groups is 1. The molecule has 1 aromatic rings. The van der Waals surface area contributed by atoms with E-state index >= 15 is 0 Å². The summed E-state index contributed by atoms with van der Waals surface area (Å²) in [5.74, 6) is -0.886. The third-order valence-electron chi connectivity index (χ3n) is 3.25. The van der Waals surface area contributed by atoms with Crippen molar-refractivity contribution >= 4 is 21.8 Å². The maximum absolute atomic E-state index is 12.2. The molecule has 2 N–H and O–H groups in total. The molecule has 0 saturated carbocycles. The fourth-order valence-electron chi connectivity index (χ4n) is 1.68. The molecular weight excluding hydrogens is 294 g/mol. The summed E-state index contributed by atoms with van der Waals surface area (Å²) < 4.78 is 26.7. The van der Waals surface area contributed by atoms with Crippen molar-refractivity contribution in [1.82, 2.24) is 9.71 Å². The zero-order valence-electron chi connectivity index (χ0n) is 12.6. The lowest BCUT2D eigenvalue weighted by atomic mass is 10.0. The van der Waals surface area contributed by atoms with Gasteiger partial charge in [-0.05, 0) is 18.1 Å². The zero-order valence-corrected chi connectivity index (χ0v) is 13.4. The average molecular weight is 315 g/mol. The topological polar surface area (TPSA) is 99.6 Å². The van der Waals surface area contributed by atoms with Crippen LogP contribution in [-0.2, 0) is 14.8 Å². The maximum atomic E-state index is 12.2. The molecule has 118 valence electrons. The van der Waals surface area contributed by atoms with E-state index in [1.807, 2.05) is 6.92 Å². The molecule has 1 aromatic heterocycles. The second-order valence-corrected chi connectivity index (χ2v) is 6.78. The van der Waals surface area contributed by atoms with Crippen LogP contribution in [0, 0.1) is 5.92 Å². The molecule has 21 heavy (non-hydrogen) atoms. The highest BCUT2D eigenvalue weighted by Gasteiger charge is 2.29. The Balaban J connectivity index is 3.02. The van der Waals surface area contributed by atoms with Gasteiger partial charge >= 0.3 is 5.97 Å². The Labute approximate surface area is 125 Å². The number of sulfonamides is 1. The Morgan fingerprint density at radius 3 is 2.43 bits per heavy atom. The molecule has 0 fully saturated rings. The molecule has 0 bridgehead atoms. The van der Waals surface area contributed by atoms with Crippen LogP contribution in [0.5, 0.6) is 0 Å². The van der Waals surface area contributed by atoms with Crippen molar-refractivity contribution in [2.45, 2.75) is 31.2 Å². The molecule has 0 spiro atoms. The van der Waals surface area contributed by atoms with Crippen molar-refractivity contribution in [3.05, 3.63) is 18.3 Å². The van der Waals surface area contributed by atoms with Crippen molar-refractivity contribution in [2.75, 3.05) is 19.0 Å². The number of anilines is 1. The molecule has 0 aliphatic heterocycles. The van der Waals surface area contributed by atoms with E-state index in [0.29, 0.717) is 12.2 Å². The summed E-state index contributed by atoms with van der Waals surface area (Å²) in [7, 11) is -0.334. The van der Waals surface area contributed by atoms with Crippen LogP contribution in [0.2, 0.25) is 0 Å². The van der Waals surface area contributed by atoms with Crippen LogP contribution >= 0.6 is 0 Å². The van der Waals surface area contributed by atoms with E-state index < -0.39 is 22.0 Å². The lowest BCUT2D eigenvalue weighted by Gasteiger charge is -2.20. The van der Waals surface area contributed by atoms with Crippen LogP contribution in [0.1, 0.15) is 20.3 Å². The SMILES string of the molecule is CC[C@H](C)[C@H](NS(=O)(=O)c1ccc(N(C)C)nc1)C(=O)O. The number of nitrogens with one attached hydrogen (secondary N) is 1. The summed E-state index contributed by atoms with van der Waals surface area (Å²) in [5.41, 5.74) is 0. The number of rotatable bonds is 7. The first kappa shape index (κ1) is 17.4. The molecule has 1 rings (SSSR count). The van der Waals surface area contributed by atoms with Gasteiger partial charge < -0.3 is 10.0 Å². The van der Waals surface area contributed by atoms with E-state index in [4.69, 9.17) is 5.11 Å². The lowest BCUT2D eigenvalue weighted by molar-refractivity contribution is -0.140. The summed E-state index contributed by atoms with van der Waals surface area (Å²) in [4.78, 5) is 16.9. The fourth-order valence-corrected chi connectivity index (χ4v) is 2.92. The number of aromatic nitrogens is 1. The van der Waals surface area contributed by atoms with Crippen molar-refractivity contribution in [1.29, 1.82) is 0 Å². The van der Waals surface area contributed by atoms with Gasteiger partial charge in [0.15, 0.2) is 0 Å². The second-order valence-electron chi connectivity index (χ2n) is 5.07. The Kier molecular flexibility index (Phi) is 5.68. The Bertz CT molecular complexity index is 584. The Morgan fingerprint density at radius 1 is 1.43 bits per heavy atom. The van der Waals surface area contributed by atoms with E-state index in [1.165, 1.54) is 12.3 Å². The molecule has 0 radical (unpaired) electrons. The van der Waals surface area contributed by atoms with Crippen LogP contribution in [-0.4, -0.2) is 44.6 Å². The predicted molar refractivity (Wildman–Crippen MR) is 79.8 cm³/mol. The van der Waals surface area contributed by atoms with Crippen LogP contribution < -0.4 is 9.62 Å². The number of carboxylic acids is 1. The second kappa shape index (κ2) is 6.86. The van der Waals surface area contributed by atoms with E-state index in [0.717, 1.165) is 0 Å². The highest BCUT2D eigenvalue weighted by molar-refractivity contribution is 7.89. The maximum Gasteiger partial charge on any atom is 0.322 e. The molecule has 0 aliphatic carbocycles. The van der Waals surface area contributed by atoms with Crippen molar-refractivity contribution in [3.63, 3.8) is 0 Å². The summed E-state index contributed by atoms with van der Waals surface area (Å²) in [6, 6.07) is 1.81. The zero-order chi connectivity index (χ0) is 16.2. The highest BCUT2D eigenvalue weighted by Crippen LogP contribution is 2.15. The average Bonchev–Trinajstić information content (AvgIpc) is 2.43. The molecule has 8 heteroatoms. The Hall–Kier alpha value is -1.67. The summed E-state index contributed by atoms with van der Waals surface area (Å²) >= 11 is 0. The first-order valence-electron chi connectivity index (χ1n) is 6.57. The van der Waals surface area contributed by atoms with Crippen molar-refractivity contribution in [2.24, 2.45) is 5.92 Å². The van der Waals surface area contributed by atoms with Crippen LogP contribution in [0.25, 0.3) is 0 Å². The van der Waals surface area contributed by atoms with Crippen LogP contribution in [0.4, 0.5) is 5.82 Å². The lowest BCUT2D eigenvalue weighted by Crippen LogP contribution is -2.44. The van der Waals surface area contributed by atoms with Gasteiger partial charge in [0.05, 0.1) is 0 Å². The van der Waals surface area contributed by atoms with Gasteiger partial charge in [0.2, 0.25) is 10.0 Å². The van der Waals surface area contributed by atoms with E-state index in [2.05, 4.69) is 9.71 Å². The quantitative estimate of drug-likeness (QED) is 0.776. The molecule has 0 aromatic carbocycles. The first-order chi connectivity index (χ1) is 9.69. The minimum absolute atomic E-state index is 0.0531. The molecule has 0 aliphatic rings. The minimum Gasteiger partial charge on any atom is -0.480 e. The minimum atomic E-state index is -3.91. The largest absolute Gasteiger partial charge is 0.480 e. The summed E-state index contributed by atoms with van der Waals surface area (Å²) in [6.07, 6.45) is 1.77. The van der Waals surface area contributed by atoms with Crippen molar-refractivity contribution in [3.8, 4) is 0 Å². The van der Waals surface area contributed by atoms with Crippen LogP contribution in [0.15, 0.2) is 23.2 Å². The number of hydrogen-bond acceptors (Lipinski definition) is 5. The van der Waals surface area contributed by atoms with E-state index in [-0.39, 0.29) is 10.8 Å². The molecule has 1 heterocycles. The monoisotopic (exact) mass is 315 g/mol. The molecule has 2 atom stereocenters. The van der Waals surface area contributed by atoms with Crippen molar-refractivity contribution < 1.29 is 18.3 Å². The number of hydrogen-bond donors (Lipinski definition) is 2. The standard InChI is InChI=1S/C13H21N3O4S/c1-5-9(2)12(13(17)18)15-21(19,20)10-6-7-11(14-8-10)16(3)4/h6-9,12,15H,5H2,1-4H3,(H,17,18)/t9-,12-/m0/s1. The number of carboxylic acid groups (broad SMARTS) is 1. The predicted octanol–water partition coefficient (Wildman–Crippen LogP) is 0.925. The molecule has 0 amide bonds. The molecule has 7 nitrogen and oxygen atoms in total. The molecule has 0 saturated heterocycles. The third kappa shape index (κ3) is 4.40. The van der Waals surface area contributed by atoms with E-state index in [1.54, 1.807) is 32.0 Å². The highest BCUT2D eigenvalue weighted by atomic mass is 32.2. The van der Waals surface area contributed by atoms with Gasteiger partial charge in [-0.25, -0.2) is 13.4 Å². The van der Waals surface area contributed by atoms with Gasteiger partial charge in [0.25, 0.3) is 0 Å². The number of aliphatic carboxylic acids is 1.